The number of hydrogen-bond donors (Lipinski definition) is 3. The number of ether oxygens (including phenoxy) is 1. The molecule has 1 aliphatic carbocycles. The molecule has 6 aromatic rings. The van der Waals surface area contributed by atoms with Crippen LogP contribution in [-0.4, -0.2) is 61.0 Å². The molecule has 3 atom stereocenters. The predicted octanol–water partition coefficient (Wildman–Crippen LogP) is 7.17. The van der Waals surface area contributed by atoms with Crippen LogP contribution < -0.4 is 26.7 Å². The zero-order valence-electron chi connectivity index (χ0n) is 33.8. The second-order valence-electron chi connectivity index (χ2n) is 14.6. The van der Waals surface area contributed by atoms with E-state index in [9.17, 15) is 31.3 Å². The first-order valence-electron chi connectivity index (χ1n) is 18.9. The lowest BCUT2D eigenvalue weighted by Crippen LogP contribution is -2.38. The number of amides is 1. The molecule has 0 aliphatic heterocycles. The van der Waals surface area contributed by atoms with Crippen LogP contribution in [-0.2, 0) is 47.6 Å². The van der Waals surface area contributed by atoms with Crippen molar-refractivity contribution in [3.8, 4) is 22.7 Å². The number of methoxy groups -OCH3 is 1. The molecule has 0 saturated heterocycles. The summed E-state index contributed by atoms with van der Waals surface area (Å²) >= 11 is 4.71. The maximum atomic E-state index is 15.5. The van der Waals surface area contributed by atoms with Gasteiger partial charge in [-0.2, -0.15) is 32.0 Å². The second kappa shape index (κ2) is 17.4. The summed E-state index contributed by atoms with van der Waals surface area (Å²) in [5.74, 6) is -10.5. The van der Waals surface area contributed by atoms with Gasteiger partial charge in [0.25, 0.3) is 11.5 Å². The lowest BCUT2D eigenvalue weighted by Gasteiger charge is -2.25. The van der Waals surface area contributed by atoms with Crippen LogP contribution in [0.4, 0.5) is 40.8 Å². The number of hydrogen-bond acceptors (Lipinski definition) is 9. The SMILES string of the molecule is CNc1c(-n2c(C(Cc3cc(F)cc(F)c3)NC(=O)Cn3nc(C(F)(F)F)c4c3C(F)(F)[C@@H](C)C4)nc3nc(OC)c(-c4ccccc4F)cc3c2=O)ccc(Cl)c1C(N)=N[S+](C)[O-]. The van der Waals surface area contributed by atoms with Gasteiger partial charge < -0.3 is 25.7 Å². The Morgan fingerprint density at radius 3 is 2.41 bits per heavy atom. The van der Waals surface area contributed by atoms with Gasteiger partial charge in [0, 0.05) is 42.1 Å². The Bertz CT molecular complexity index is 2910. The number of benzene rings is 3. The minimum absolute atomic E-state index is 0.00919. The lowest BCUT2D eigenvalue weighted by molar-refractivity contribution is -0.142. The van der Waals surface area contributed by atoms with E-state index in [0.29, 0.717) is 6.07 Å². The van der Waals surface area contributed by atoms with Crippen molar-refractivity contribution in [3.05, 3.63) is 127 Å². The Morgan fingerprint density at radius 1 is 1.09 bits per heavy atom. The predicted molar refractivity (Wildman–Crippen MR) is 221 cm³/mol. The summed E-state index contributed by atoms with van der Waals surface area (Å²) in [6, 6.07) is 10.0. The number of fused-ring (bicyclic) bond motifs is 2. The number of aromatic nitrogens is 5. The van der Waals surface area contributed by atoms with E-state index < -0.39 is 107 Å². The molecule has 336 valence electrons. The maximum absolute atomic E-state index is 15.5. The fourth-order valence-corrected chi connectivity index (χ4v) is 8.29. The van der Waals surface area contributed by atoms with Crippen molar-refractivity contribution in [2.24, 2.45) is 16.0 Å². The molecular weight excluding hydrogens is 902 g/mol. The fraction of sp³-hybridized carbons (Fsp3) is 0.268. The summed E-state index contributed by atoms with van der Waals surface area (Å²) < 4.78 is 141. The molecular formula is C41H34ClF8N9O4S. The van der Waals surface area contributed by atoms with Crippen molar-refractivity contribution >= 4 is 51.4 Å². The number of rotatable bonds is 12. The van der Waals surface area contributed by atoms with Crippen molar-refractivity contribution in [2.45, 2.75) is 44.5 Å². The summed E-state index contributed by atoms with van der Waals surface area (Å²) in [7, 11) is 2.62. The van der Waals surface area contributed by atoms with Gasteiger partial charge >= 0.3 is 6.18 Å². The Labute approximate surface area is 365 Å². The van der Waals surface area contributed by atoms with Gasteiger partial charge in [-0.1, -0.05) is 36.7 Å². The van der Waals surface area contributed by atoms with E-state index in [-0.39, 0.29) is 66.1 Å². The maximum Gasteiger partial charge on any atom is 0.435 e. The zero-order chi connectivity index (χ0) is 46.6. The van der Waals surface area contributed by atoms with Gasteiger partial charge in [0.2, 0.25) is 11.8 Å². The molecule has 4 N–H and O–H groups in total. The first-order valence-corrected chi connectivity index (χ1v) is 20.8. The molecule has 7 rings (SSSR count). The summed E-state index contributed by atoms with van der Waals surface area (Å²) in [5.41, 5.74) is 1.03. The highest BCUT2D eigenvalue weighted by molar-refractivity contribution is 7.89. The minimum atomic E-state index is -5.16. The third-order valence-electron chi connectivity index (χ3n) is 10.4. The number of carbonyl (C=O) groups is 1. The molecule has 0 bridgehead atoms. The molecule has 0 fully saturated rings. The monoisotopic (exact) mass is 935 g/mol. The Morgan fingerprint density at radius 2 is 1.78 bits per heavy atom. The molecule has 13 nitrogen and oxygen atoms in total. The first-order chi connectivity index (χ1) is 30.1. The van der Waals surface area contributed by atoms with Crippen LogP contribution in [0.3, 0.4) is 0 Å². The molecule has 3 heterocycles. The summed E-state index contributed by atoms with van der Waals surface area (Å²) in [6.07, 6.45) is -5.23. The minimum Gasteiger partial charge on any atom is -0.591 e. The Kier molecular flexibility index (Phi) is 12.4. The largest absolute Gasteiger partial charge is 0.591 e. The molecule has 3 aromatic carbocycles. The van der Waals surface area contributed by atoms with Gasteiger partial charge in [0.1, 0.15) is 41.8 Å². The van der Waals surface area contributed by atoms with Gasteiger partial charge in [0.05, 0.1) is 51.9 Å². The zero-order valence-corrected chi connectivity index (χ0v) is 35.3. The average Bonchev–Trinajstić information content (AvgIpc) is 3.69. The van der Waals surface area contributed by atoms with Gasteiger partial charge in [0.15, 0.2) is 17.2 Å². The smallest absolute Gasteiger partial charge is 0.435 e. The Hall–Kier alpha value is -6.26. The van der Waals surface area contributed by atoms with Crippen LogP contribution >= 0.6 is 11.6 Å². The number of nitrogens with zero attached hydrogens (tertiary/aromatic N) is 6. The van der Waals surface area contributed by atoms with E-state index in [1.54, 1.807) is 0 Å². The molecule has 1 aliphatic rings. The molecule has 0 radical (unpaired) electrons. The number of amidine groups is 1. The topological polar surface area (TPSA) is 177 Å². The summed E-state index contributed by atoms with van der Waals surface area (Å²) in [4.78, 5) is 38.3. The number of anilines is 1. The van der Waals surface area contributed by atoms with Crippen molar-refractivity contribution in [3.63, 3.8) is 0 Å². The Balaban J connectivity index is 1.50. The van der Waals surface area contributed by atoms with Crippen molar-refractivity contribution in [2.75, 3.05) is 25.7 Å². The van der Waals surface area contributed by atoms with Crippen LogP contribution in [0.15, 0.2) is 69.9 Å². The van der Waals surface area contributed by atoms with E-state index in [1.165, 1.54) is 56.8 Å². The van der Waals surface area contributed by atoms with E-state index in [0.717, 1.165) is 29.7 Å². The highest BCUT2D eigenvalue weighted by atomic mass is 35.5. The standard InChI is InChI=1S/C41H34ClF8N9O4S/c1-18-11-24-33(41(48,49)50)56-58(34(24)40(18,46)47)17-30(60)53-28(14-19-12-20(43)15-21(44)13-19)37-54-36-25(16-23(38(55-36)63-3)22-7-5-6-8-27(22)45)39(61)59(37)29-10-9-26(42)31(32(29)52-2)35(51)57-64(4)62/h5-10,12-13,15-16,18,28,52H,11,14,17H2,1-4H3,(H2,51,57)(H,53,60)/t18-,28?,64?/m0/s1. The number of alkyl halides is 5. The van der Waals surface area contributed by atoms with Crippen molar-refractivity contribution in [1.82, 2.24) is 29.6 Å². The quantitative estimate of drug-likeness (QED) is 0.0497. The van der Waals surface area contributed by atoms with E-state index in [1.807, 2.05) is 0 Å². The summed E-state index contributed by atoms with van der Waals surface area (Å²) in [6.45, 7) is -0.174. The average molecular weight is 936 g/mol. The van der Waals surface area contributed by atoms with E-state index in [4.69, 9.17) is 22.1 Å². The molecule has 64 heavy (non-hydrogen) atoms. The van der Waals surface area contributed by atoms with Crippen LogP contribution in [0.1, 0.15) is 46.9 Å². The highest BCUT2D eigenvalue weighted by Crippen LogP contribution is 2.49. The second-order valence-corrected chi connectivity index (χ2v) is 16.1. The summed E-state index contributed by atoms with van der Waals surface area (Å²) in [5, 5.41) is 8.43. The fourth-order valence-electron chi connectivity index (χ4n) is 7.67. The lowest BCUT2D eigenvalue weighted by atomic mass is 10.0. The van der Waals surface area contributed by atoms with Crippen LogP contribution in [0.5, 0.6) is 5.88 Å². The van der Waals surface area contributed by atoms with Crippen LogP contribution in [0.25, 0.3) is 27.8 Å². The van der Waals surface area contributed by atoms with E-state index >= 15 is 18.0 Å². The number of nitrogens with one attached hydrogen (secondary N) is 2. The molecule has 3 aromatic heterocycles. The molecule has 2 unspecified atom stereocenters. The first kappa shape index (κ1) is 45.8. The normalized spacial score (nSPS) is 15.8. The van der Waals surface area contributed by atoms with Gasteiger partial charge in [-0.15, -0.1) is 0 Å². The third-order valence-corrected chi connectivity index (χ3v) is 11.1. The highest BCUT2D eigenvalue weighted by Gasteiger charge is 2.54. The molecule has 1 amide bonds. The van der Waals surface area contributed by atoms with Gasteiger partial charge in [-0.3, -0.25) is 18.8 Å². The number of carbonyl (C=O) groups excluding carboxylic acids is 1. The molecule has 0 spiro atoms. The number of pyridine rings is 1. The molecule has 0 saturated carbocycles. The number of halogens is 9. The van der Waals surface area contributed by atoms with Gasteiger partial charge in [-0.25, -0.2) is 18.2 Å². The number of nitrogens with two attached hydrogens (primary N) is 1. The van der Waals surface area contributed by atoms with E-state index in [2.05, 4.69) is 30.1 Å². The van der Waals surface area contributed by atoms with Crippen LogP contribution in [0, 0.1) is 23.4 Å². The van der Waals surface area contributed by atoms with Crippen LogP contribution in [0.2, 0.25) is 5.02 Å². The third kappa shape index (κ3) is 8.55. The molecule has 23 heteroatoms. The van der Waals surface area contributed by atoms with Crippen molar-refractivity contribution < 1.29 is 49.2 Å². The van der Waals surface area contributed by atoms with Crippen molar-refractivity contribution in [1.29, 1.82) is 0 Å². The van der Waals surface area contributed by atoms with Gasteiger partial charge in [-0.05, 0) is 52.8 Å².